The molecule has 2 aromatic rings. The van der Waals surface area contributed by atoms with E-state index >= 15 is 0 Å². The molecule has 2 rings (SSSR count). The zero-order chi connectivity index (χ0) is 14.2. The molecule has 0 spiro atoms. The lowest BCUT2D eigenvalue weighted by molar-refractivity contribution is -0.127. The molecule has 0 aromatic carbocycles. The number of thioether (sulfide) groups is 1. The average molecular weight is 295 g/mol. The fraction of sp³-hybridized carbons (Fsp3) is 0.462. The Morgan fingerprint density at radius 3 is 2.68 bits per heavy atom. The van der Waals surface area contributed by atoms with Crippen molar-refractivity contribution < 1.29 is 4.79 Å². The Balaban J connectivity index is 2.38. The summed E-state index contributed by atoms with van der Waals surface area (Å²) < 4.78 is 0. The predicted octanol–water partition coefficient (Wildman–Crippen LogP) is 2.88. The van der Waals surface area contributed by atoms with Gasteiger partial charge in [-0.3, -0.25) is 4.79 Å². The molecule has 0 radical (unpaired) electrons. The summed E-state index contributed by atoms with van der Waals surface area (Å²) >= 11 is 3.18. The minimum Gasteiger partial charge on any atom is -0.348 e. The van der Waals surface area contributed by atoms with Crippen LogP contribution >= 0.6 is 23.1 Å². The van der Waals surface area contributed by atoms with Gasteiger partial charge in [0.15, 0.2) is 0 Å². The molecule has 4 nitrogen and oxygen atoms in total. The minimum absolute atomic E-state index is 0.0985. The van der Waals surface area contributed by atoms with Crippen molar-refractivity contribution in [1.29, 1.82) is 0 Å². The van der Waals surface area contributed by atoms with Crippen LogP contribution in [0, 0.1) is 13.8 Å². The lowest BCUT2D eigenvalue weighted by atomic mass is 10.2. The van der Waals surface area contributed by atoms with E-state index in [1.165, 1.54) is 22.2 Å². The standard InChI is InChI=1S/C13H17N3OS2/c1-7-8(2)18-11-10(7)12(15-6-14-11)19-9(3)13(17)16(4)5/h6,9H,1-5H3. The highest BCUT2D eigenvalue weighted by molar-refractivity contribution is 8.00. The number of nitrogens with zero attached hydrogens (tertiary/aromatic N) is 3. The lowest BCUT2D eigenvalue weighted by Crippen LogP contribution is -2.29. The molecule has 0 N–H and O–H groups in total. The molecule has 19 heavy (non-hydrogen) atoms. The van der Waals surface area contributed by atoms with E-state index in [0.29, 0.717) is 0 Å². The topological polar surface area (TPSA) is 46.1 Å². The number of thiophene rings is 1. The highest BCUT2D eigenvalue weighted by Crippen LogP contribution is 2.36. The third kappa shape index (κ3) is 2.74. The van der Waals surface area contributed by atoms with Crippen molar-refractivity contribution >= 4 is 39.2 Å². The molecule has 2 aromatic heterocycles. The Morgan fingerprint density at radius 2 is 2.05 bits per heavy atom. The minimum atomic E-state index is -0.146. The number of carbonyl (C=O) groups excluding carboxylic acids is 1. The Hall–Kier alpha value is -1.14. The number of fused-ring (bicyclic) bond motifs is 1. The highest BCUT2D eigenvalue weighted by Gasteiger charge is 2.20. The van der Waals surface area contributed by atoms with Crippen LogP contribution in [0.1, 0.15) is 17.4 Å². The first-order valence-corrected chi connectivity index (χ1v) is 7.70. The van der Waals surface area contributed by atoms with Gasteiger partial charge in [-0.05, 0) is 26.3 Å². The van der Waals surface area contributed by atoms with E-state index in [9.17, 15) is 4.79 Å². The summed E-state index contributed by atoms with van der Waals surface area (Å²) in [5, 5.41) is 1.84. The summed E-state index contributed by atoms with van der Waals surface area (Å²) in [6.45, 7) is 6.08. The first-order chi connectivity index (χ1) is 8.91. The van der Waals surface area contributed by atoms with Gasteiger partial charge in [-0.1, -0.05) is 11.8 Å². The molecule has 0 saturated carbocycles. The van der Waals surface area contributed by atoms with Gasteiger partial charge in [0.2, 0.25) is 5.91 Å². The van der Waals surface area contributed by atoms with Crippen LogP contribution < -0.4 is 0 Å². The van der Waals surface area contributed by atoms with E-state index < -0.39 is 0 Å². The molecule has 0 aliphatic heterocycles. The summed E-state index contributed by atoms with van der Waals surface area (Å²) in [4.78, 5) is 24.5. The molecule has 0 bridgehead atoms. The summed E-state index contributed by atoms with van der Waals surface area (Å²) in [5.74, 6) is 0.0985. The van der Waals surface area contributed by atoms with Gasteiger partial charge < -0.3 is 4.90 Å². The van der Waals surface area contributed by atoms with Crippen LogP contribution in [-0.4, -0.2) is 40.1 Å². The fourth-order valence-corrected chi connectivity index (χ4v) is 4.00. The Kier molecular flexibility index (Phi) is 4.10. The fourth-order valence-electron chi connectivity index (χ4n) is 1.82. The summed E-state index contributed by atoms with van der Waals surface area (Å²) in [5.41, 5.74) is 1.22. The van der Waals surface area contributed by atoms with Crippen molar-refractivity contribution in [3.8, 4) is 0 Å². The number of rotatable bonds is 3. The molecule has 2 heterocycles. The molecule has 6 heteroatoms. The van der Waals surface area contributed by atoms with E-state index in [4.69, 9.17) is 0 Å². The summed E-state index contributed by atoms with van der Waals surface area (Å²) in [7, 11) is 3.55. The van der Waals surface area contributed by atoms with E-state index in [2.05, 4.69) is 23.8 Å². The summed E-state index contributed by atoms with van der Waals surface area (Å²) in [6, 6.07) is 0. The van der Waals surface area contributed by atoms with Gasteiger partial charge in [-0.15, -0.1) is 11.3 Å². The Morgan fingerprint density at radius 1 is 1.37 bits per heavy atom. The van der Waals surface area contributed by atoms with Crippen LogP contribution in [0.3, 0.4) is 0 Å². The molecule has 0 aliphatic rings. The molecular formula is C13H17N3OS2. The maximum absolute atomic E-state index is 11.9. The first-order valence-electron chi connectivity index (χ1n) is 6.00. The van der Waals surface area contributed by atoms with Crippen molar-refractivity contribution in [2.45, 2.75) is 31.0 Å². The van der Waals surface area contributed by atoms with Gasteiger partial charge in [0, 0.05) is 24.4 Å². The number of hydrogen-bond donors (Lipinski definition) is 0. The van der Waals surface area contributed by atoms with Gasteiger partial charge in [0.1, 0.15) is 16.2 Å². The molecular weight excluding hydrogens is 278 g/mol. The number of amides is 1. The maximum atomic E-state index is 11.9. The Bertz CT molecular complexity index is 622. The van der Waals surface area contributed by atoms with Crippen LogP contribution in [0.4, 0.5) is 0 Å². The maximum Gasteiger partial charge on any atom is 0.235 e. The zero-order valence-electron chi connectivity index (χ0n) is 11.7. The largest absolute Gasteiger partial charge is 0.348 e. The van der Waals surface area contributed by atoms with E-state index in [0.717, 1.165) is 15.2 Å². The predicted molar refractivity (Wildman–Crippen MR) is 80.9 cm³/mol. The van der Waals surface area contributed by atoms with Gasteiger partial charge in [-0.25, -0.2) is 9.97 Å². The molecule has 102 valence electrons. The number of carbonyl (C=O) groups is 1. The Labute approximate surface area is 121 Å². The quantitative estimate of drug-likeness (QED) is 0.645. The first kappa shape index (κ1) is 14.3. The van der Waals surface area contributed by atoms with Gasteiger partial charge in [0.25, 0.3) is 0 Å². The second kappa shape index (κ2) is 5.46. The van der Waals surface area contributed by atoms with E-state index in [-0.39, 0.29) is 11.2 Å². The van der Waals surface area contributed by atoms with E-state index in [1.54, 1.807) is 36.7 Å². The number of aryl methyl sites for hydroxylation is 2. The van der Waals surface area contributed by atoms with Gasteiger partial charge in [-0.2, -0.15) is 0 Å². The van der Waals surface area contributed by atoms with Crippen LogP contribution in [0.2, 0.25) is 0 Å². The molecule has 0 aliphatic carbocycles. The SMILES string of the molecule is Cc1sc2ncnc(SC(C)C(=O)N(C)C)c2c1C. The van der Waals surface area contributed by atoms with Crippen molar-refractivity contribution in [3.05, 3.63) is 16.8 Å². The van der Waals surface area contributed by atoms with Gasteiger partial charge in [0.05, 0.1) is 5.25 Å². The van der Waals surface area contributed by atoms with Crippen molar-refractivity contribution in [3.63, 3.8) is 0 Å². The second-order valence-electron chi connectivity index (χ2n) is 4.63. The number of aromatic nitrogens is 2. The van der Waals surface area contributed by atoms with E-state index in [1.807, 2.05) is 6.92 Å². The number of hydrogen-bond acceptors (Lipinski definition) is 5. The van der Waals surface area contributed by atoms with Crippen LogP contribution in [0.15, 0.2) is 11.4 Å². The zero-order valence-corrected chi connectivity index (χ0v) is 13.4. The second-order valence-corrected chi connectivity index (χ2v) is 7.17. The van der Waals surface area contributed by atoms with Crippen molar-refractivity contribution in [2.24, 2.45) is 0 Å². The smallest absolute Gasteiger partial charge is 0.235 e. The molecule has 1 atom stereocenters. The van der Waals surface area contributed by atoms with Gasteiger partial charge >= 0.3 is 0 Å². The molecule has 0 fully saturated rings. The van der Waals surface area contributed by atoms with Crippen LogP contribution in [0.25, 0.3) is 10.2 Å². The third-order valence-corrected chi connectivity index (χ3v) is 5.21. The van der Waals surface area contributed by atoms with Crippen LogP contribution in [0.5, 0.6) is 0 Å². The van der Waals surface area contributed by atoms with Crippen molar-refractivity contribution in [1.82, 2.24) is 14.9 Å². The normalized spacial score (nSPS) is 12.7. The van der Waals surface area contributed by atoms with Crippen molar-refractivity contribution in [2.75, 3.05) is 14.1 Å². The molecule has 1 amide bonds. The lowest BCUT2D eigenvalue weighted by Gasteiger charge is -2.16. The summed E-state index contributed by atoms with van der Waals surface area (Å²) in [6.07, 6.45) is 1.58. The third-order valence-electron chi connectivity index (χ3n) is 3.01. The monoisotopic (exact) mass is 295 g/mol. The molecule has 1 unspecified atom stereocenters. The molecule has 0 saturated heterocycles. The highest BCUT2D eigenvalue weighted by atomic mass is 32.2. The average Bonchev–Trinajstić information content (AvgIpc) is 2.65. The van der Waals surface area contributed by atoms with Crippen LogP contribution in [-0.2, 0) is 4.79 Å².